The first-order chi connectivity index (χ1) is 15.6. The highest BCUT2D eigenvalue weighted by molar-refractivity contribution is 5.26. The molecule has 7 nitrogen and oxygen atoms in total. The molecule has 3 aromatic rings. The molecular formula is C25H30N4O3. The number of rotatable bonds is 9. The molecule has 32 heavy (non-hydrogen) atoms. The zero-order valence-electron chi connectivity index (χ0n) is 18.5. The molecule has 168 valence electrons. The summed E-state index contributed by atoms with van der Waals surface area (Å²) in [5, 5.41) is 21.2. The molecule has 0 saturated carbocycles. The van der Waals surface area contributed by atoms with Crippen LogP contribution >= 0.6 is 0 Å². The van der Waals surface area contributed by atoms with E-state index in [0.717, 1.165) is 58.6 Å². The SMILES string of the molecule is CCC(c1nc2c(c(=O)n1Cc1ccccc1)CCC2)N(CCO)Cc1cc[n+]([O-])cc1. The van der Waals surface area contributed by atoms with E-state index in [-0.39, 0.29) is 18.2 Å². The summed E-state index contributed by atoms with van der Waals surface area (Å²) in [7, 11) is 0. The molecule has 1 unspecified atom stereocenters. The van der Waals surface area contributed by atoms with Gasteiger partial charge >= 0.3 is 0 Å². The van der Waals surface area contributed by atoms with Gasteiger partial charge in [-0.05, 0) is 36.8 Å². The molecule has 1 N–H and O–H groups in total. The second kappa shape index (κ2) is 10.1. The molecule has 4 rings (SSSR count). The topological polar surface area (TPSA) is 85.3 Å². The molecule has 0 amide bonds. The molecule has 0 bridgehead atoms. The molecule has 2 aromatic heterocycles. The average Bonchev–Trinajstić information content (AvgIpc) is 3.28. The maximum atomic E-state index is 13.5. The Morgan fingerprint density at radius 1 is 1.16 bits per heavy atom. The van der Waals surface area contributed by atoms with Crippen molar-refractivity contribution in [1.29, 1.82) is 0 Å². The summed E-state index contributed by atoms with van der Waals surface area (Å²) < 4.78 is 2.59. The van der Waals surface area contributed by atoms with E-state index < -0.39 is 0 Å². The monoisotopic (exact) mass is 434 g/mol. The predicted octanol–water partition coefficient (Wildman–Crippen LogP) is 2.36. The van der Waals surface area contributed by atoms with Crippen molar-refractivity contribution < 1.29 is 9.84 Å². The van der Waals surface area contributed by atoms with Crippen LogP contribution in [0, 0.1) is 5.21 Å². The van der Waals surface area contributed by atoms with Crippen molar-refractivity contribution in [2.45, 2.75) is 51.7 Å². The molecule has 1 atom stereocenters. The zero-order chi connectivity index (χ0) is 22.5. The smallest absolute Gasteiger partial charge is 0.257 e. The van der Waals surface area contributed by atoms with Crippen molar-refractivity contribution in [1.82, 2.24) is 14.5 Å². The highest BCUT2D eigenvalue weighted by atomic mass is 16.5. The third kappa shape index (κ3) is 4.74. The summed E-state index contributed by atoms with van der Waals surface area (Å²) in [4.78, 5) is 20.7. The Labute approximate surface area is 188 Å². The molecule has 1 aliphatic carbocycles. The van der Waals surface area contributed by atoms with Gasteiger partial charge in [0.05, 0.1) is 24.9 Å². The average molecular weight is 435 g/mol. The molecule has 0 spiro atoms. The molecular weight excluding hydrogens is 404 g/mol. The molecule has 2 heterocycles. The maximum absolute atomic E-state index is 13.5. The van der Waals surface area contributed by atoms with E-state index in [1.165, 1.54) is 12.4 Å². The van der Waals surface area contributed by atoms with Crippen LogP contribution < -0.4 is 10.3 Å². The van der Waals surface area contributed by atoms with Crippen LogP contribution in [0.2, 0.25) is 0 Å². The summed E-state index contributed by atoms with van der Waals surface area (Å²) >= 11 is 0. The normalized spacial score (nSPS) is 14.0. The lowest BCUT2D eigenvalue weighted by Crippen LogP contribution is -2.38. The summed E-state index contributed by atoms with van der Waals surface area (Å²) in [6.45, 7) is 3.55. The minimum absolute atomic E-state index is 0.00124. The van der Waals surface area contributed by atoms with Crippen molar-refractivity contribution >= 4 is 0 Å². The lowest BCUT2D eigenvalue weighted by Gasteiger charge is -2.32. The molecule has 7 heteroatoms. The second-order valence-corrected chi connectivity index (χ2v) is 8.31. The van der Waals surface area contributed by atoms with E-state index in [9.17, 15) is 15.1 Å². The van der Waals surface area contributed by atoms with Crippen LogP contribution in [0.25, 0.3) is 0 Å². The molecule has 0 fully saturated rings. The standard InChI is InChI=1S/C25H30N4O3/c1-2-23(27(15-16-30)17-20-11-13-28(32)14-12-20)24-26-22-10-6-9-21(22)25(31)29(24)18-19-7-4-3-5-8-19/h3-5,7-8,11-14,23,30H,2,6,9-10,15-18H2,1H3. The number of aromatic nitrogens is 3. The largest absolute Gasteiger partial charge is 0.619 e. The Morgan fingerprint density at radius 3 is 2.59 bits per heavy atom. The van der Waals surface area contributed by atoms with Gasteiger partial charge in [-0.2, -0.15) is 4.73 Å². The van der Waals surface area contributed by atoms with Crippen molar-refractivity contribution in [3.63, 3.8) is 0 Å². The lowest BCUT2D eigenvalue weighted by molar-refractivity contribution is -0.605. The van der Waals surface area contributed by atoms with Crippen molar-refractivity contribution in [3.05, 3.63) is 98.6 Å². The summed E-state index contributed by atoms with van der Waals surface area (Å²) in [5.74, 6) is 0.755. The first-order valence-electron chi connectivity index (χ1n) is 11.3. The number of hydrogen-bond acceptors (Lipinski definition) is 5. The van der Waals surface area contributed by atoms with Gasteiger partial charge in [-0.15, -0.1) is 0 Å². The molecule has 1 aromatic carbocycles. The molecule has 0 radical (unpaired) electrons. The zero-order valence-corrected chi connectivity index (χ0v) is 18.5. The van der Waals surface area contributed by atoms with E-state index in [0.29, 0.717) is 19.6 Å². The van der Waals surface area contributed by atoms with E-state index in [1.807, 2.05) is 34.9 Å². The van der Waals surface area contributed by atoms with Crippen LogP contribution in [0.15, 0.2) is 59.7 Å². The number of hydrogen-bond donors (Lipinski definition) is 1. The second-order valence-electron chi connectivity index (χ2n) is 8.31. The number of fused-ring (bicyclic) bond motifs is 1. The van der Waals surface area contributed by atoms with Gasteiger partial charge in [-0.3, -0.25) is 14.3 Å². The Hall–Kier alpha value is -3.03. The van der Waals surface area contributed by atoms with E-state index in [1.54, 1.807) is 12.1 Å². The van der Waals surface area contributed by atoms with E-state index in [2.05, 4.69) is 11.8 Å². The van der Waals surface area contributed by atoms with Crippen LogP contribution in [-0.2, 0) is 25.9 Å². The number of aryl methyl sites for hydroxylation is 1. The number of aliphatic hydroxyl groups is 1. The minimum Gasteiger partial charge on any atom is -0.619 e. The number of aliphatic hydroxyl groups excluding tert-OH is 1. The van der Waals surface area contributed by atoms with E-state index in [4.69, 9.17) is 4.98 Å². The minimum atomic E-state index is -0.135. The Kier molecular flexibility index (Phi) is 6.97. The van der Waals surface area contributed by atoms with Gasteiger partial charge in [0.15, 0.2) is 12.4 Å². The Morgan fingerprint density at radius 2 is 1.91 bits per heavy atom. The quantitative estimate of drug-likeness (QED) is 0.413. The fraction of sp³-hybridized carbons (Fsp3) is 0.400. The molecule has 0 aliphatic heterocycles. The van der Waals surface area contributed by atoms with Gasteiger partial charge in [0.1, 0.15) is 5.82 Å². The summed E-state index contributed by atoms with van der Waals surface area (Å²) in [6.07, 6.45) is 6.28. The van der Waals surface area contributed by atoms with Gasteiger partial charge in [-0.25, -0.2) is 4.98 Å². The first kappa shape index (κ1) is 22.2. The number of nitrogens with zero attached hydrogens (tertiary/aromatic N) is 4. The first-order valence-corrected chi connectivity index (χ1v) is 11.3. The predicted molar refractivity (Wildman–Crippen MR) is 122 cm³/mol. The van der Waals surface area contributed by atoms with Crippen LogP contribution in [0.5, 0.6) is 0 Å². The van der Waals surface area contributed by atoms with Gasteiger partial charge < -0.3 is 10.3 Å². The summed E-state index contributed by atoms with van der Waals surface area (Å²) in [5.41, 5.74) is 3.85. The summed E-state index contributed by atoms with van der Waals surface area (Å²) in [6, 6.07) is 13.4. The lowest BCUT2D eigenvalue weighted by atomic mass is 10.1. The van der Waals surface area contributed by atoms with Gasteiger partial charge in [0.25, 0.3) is 5.56 Å². The fourth-order valence-corrected chi connectivity index (χ4v) is 4.58. The fourth-order valence-electron chi connectivity index (χ4n) is 4.58. The third-order valence-corrected chi connectivity index (χ3v) is 6.17. The highest BCUT2D eigenvalue weighted by Gasteiger charge is 2.28. The highest BCUT2D eigenvalue weighted by Crippen LogP contribution is 2.27. The van der Waals surface area contributed by atoms with Gasteiger partial charge in [-0.1, -0.05) is 37.3 Å². The van der Waals surface area contributed by atoms with Gasteiger partial charge in [0, 0.05) is 30.8 Å². The van der Waals surface area contributed by atoms with E-state index >= 15 is 0 Å². The maximum Gasteiger partial charge on any atom is 0.257 e. The van der Waals surface area contributed by atoms with Crippen molar-refractivity contribution in [2.24, 2.45) is 0 Å². The third-order valence-electron chi connectivity index (χ3n) is 6.17. The number of benzene rings is 1. The van der Waals surface area contributed by atoms with Crippen molar-refractivity contribution in [2.75, 3.05) is 13.2 Å². The number of pyridine rings is 1. The Bertz CT molecular complexity index is 1100. The van der Waals surface area contributed by atoms with Crippen LogP contribution in [0.1, 0.15) is 54.0 Å². The molecule has 0 saturated heterocycles. The Balaban J connectivity index is 1.76. The molecule has 1 aliphatic rings. The van der Waals surface area contributed by atoms with Crippen molar-refractivity contribution in [3.8, 4) is 0 Å². The van der Waals surface area contributed by atoms with Gasteiger partial charge in [0.2, 0.25) is 0 Å². The van der Waals surface area contributed by atoms with Crippen LogP contribution in [-0.4, -0.2) is 32.7 Å². The van der Waals surface area contributed by atoms with Crippen LogP contribution in [0.3, 0.4) is 0 Å². The van der Waals surface area contributed by atoms with Crippen LogP contribution in [0.4, 0.5) is 0 Å².